The molecule has 0 aromatic carbocycles. The van der Waals surface area contributed by atoms with Crippen molar-refractivity contribution in [2.24, 2.45) is 0 Å². The van der Waals surface area contributed by atoms with Gasteiger partial charge >= 0.3 is 0 Å². The van der Waals surface area contributed by atoms with Gasteiger partial charge in [0.25, 0.3) is 13.1 Å². The number of hydrogen-bond acceptors (Lipinski definition) is 7. The van der Waals surface area contributed by atoms with E-state index in [0.29, 0.717) is 24.8 Å². The maximum absolute atomic E-state index is 12.5. The summed E-state index contributed by atoms with van der Waals surface area (Å²) >= 11 is 0. The molecule has 1 aliphatic heterocycles. The SMILES string of the molecule is CC(C)N1C[C@@H](COP(C)(=O)N(C)C)O[C@@H](n2cnc3c(=O)[nH]cnc32)C1. The van der Waals surface area contributed by atoms with Crippen LogP contribution >= 0.6 is 7.52 Å². The summed E-state index contributed by atoms with van der Waals surface area (Å²) in [5, 5.41) is 0. The van der Waals surface area contributed by atoms with Gasteiger partial charge in [-0.1, -0.05) is 0 Å². The zero-order valence-electron chi connectivity index (χ0n) is 16.3. The molecule has 10 nitrogen and oxygen atoms in total. The molecule has 27 heavy (non-hydrogen) atoms. The first-order valence-corrected chi connectivity index (χ1v) is 10.9. The Hall–Kier alpha value is -1.58. The molecule has 1 aliphatic rings. The van der Waals surface area contributed by atoms with Crippen molar-refractivity contribution >= 4 is 18.7 Å². The van der Waals surface area contributed by atoms with Crippen molar-refractivity contribution in [1.29, 1.82) is 0 Å². The quantitative estimate of drug-likeness (QED) is 0.722. The van der Waals surface area contributed by atoms with Crippen LogP contribution in [-0.4, -0.2) is 81.7 Å². The van der Waals surface area contributed by atoms with Gasteiger partial charge in [-0.25, -0.2) is 14.6 Å². The van der Waals surface area contributed by atoms with Gasteiger partial charge in [0, 0.05) is 25.8 Å². The minimum atomic E-state index is -2.84. The van der Waals surface area contributed by atoms with Crippen LogP contribution in [0.15, 0.2) is 17.4 Å². The average Bonchev–Trinajstić information content (AvgIpc) is 3.05. The lowest BCUT2D eigenvalue weighted by molar-refractivity contribution is -0.136. The van der Waals surface area contributed by atoms with Crippen LogP contribution in [0.1, 0.15) is 20.1 Å². The molecule has 1 unspecified atom stereocenters. The molecule has 3 atom stereocenters. The Balaban J connectivity index is 1.83. The molecule has 0 saturated carbocycles. The van der Waals surface area contributed by atoms with Crippen LogP contribution in [0.2, 0.25) is 0 Å². The molecule has 1 fully saturated rings. The van der Waals surface area contributed by atoms with Gasteiger partial charge < -0.3 is 14.2 Å². The molecule has 2 aromatic rings. The predicted octanol–water partition coefficient (Wildman–Crippen LogP) is 1.13. The van der Waals surface area contributed by atoms with Crippen LogP contribution in [0.25, 0.3) is 11.2 Å². The fourth-order valence-electron chi connectivity index (χ4n) is 2.92. The molecule has 0 aliphatic carbocycles. The number of ether oxygens (including phenoxy) is 1. The Labute approximate surface area is 158 Å². The third kappa shape index (κ3) is 4.30. The van der Waals surface area contributed by atoms with Gasteiger partial charge in [-0.15, -0.1) is 0 Å². The number of nitrogens with one attached hydrogen (secondary N) is 1. The maximum atomic E-state index is 12.5. The van der Waals surface area contributed by atoms with Gasteiger partial charge in [-0.3, -0.25) is 18.8 Å². The van der Waals surface area contributed by atoms with E-state index in [0.717, 1.165) is 0 Å². The minimum Gasteiger partial charge on any atom is -0.350 e. The van der Waals surface area contributed by atoms with Crippen LogP contribution in [0.5, 0.6) is 0 Å². The summed E-state index contributed by atoms with van der Waals surface area (Å²) in [5.41, 5.74) is 0.470. The number of aromatic nitrogens is 4. The first kappa shape index (κ1) is 20.2. The number of rotatable bonds is 6. The van der Waals surface area contributed by atoms with Crippen LogP contribution in [0, 0.1) is 0 Å². The van der Waals surface area contributed by atoms with Crippen molar-refractivity contribution in [1.82, 2.24) is 29.1 Å². The molecule has 11 heteroatoms. The van der Waals surface area contributed by atoms with Crippen LogP contribution in [-0.2, 0) is 13.8 Å². The Morgan fingerprint density at radius 1 is 1.41 bits per heavy atom. The predicted molar refractivity (Wildman–Crippen MR) is 102 cm³/mol. The number of imidazole rings is 1. The van der Waals surface area contributed by atoms with Gasteiger partial charge in [0.15, 0.2) is 11.2 Å². The van der Waals surface area contributed by atoms with Crippen LogP contribution < -0.4 is 5.56 Å². The third-order valence-corrected chi connectivity index (χ3v) is 6.89. The molecule has 0 spiro atoms. The van der Waals surface area contributed by atoms with Gasteiger partial charge in [-0.05, 0) is 27.9 Å². The van der Waals surface area contributed by atoms with Gasteiger partial charge in [0.2, 0.25) is 0 Å². The first-order valence-electron chi connectivity index (χ1n) is 8.88. The van der Waals surface area contributed by atoms with Gasteiger partial charge in [-0.2, -0.15) is 0 Å². The topological polar surface area (TPSA) is 106 Å². The first-order chi connectivity index (χ1) is 12.7. The summed E-state index contributed by atoms with van der Waals surface area (Å²) < 4.78 is 27.7. The van der Waals surface area contributed by atoms with Crippen molar-refractivity contribution in [2.45, 2.75) is 32.2 Å². The molecule has 0 radical (unpaired) electrons. The number of aromatic amines is 1. The monoisotopic (exact) mass is 398 g/mol. The molecule has 1 saturated heterocycles. The second kappa shape index (κ2) is 7.81. The zero-order chi connectivity index (χ0) is 19.8. The van der Waals surface area contributed by atoms with E-state index in [-0.39, 0.29) is 30.0 Å². The highest BCUT2D eigenvalue weighted by atomic mass is 31.2. The fourth-order valence-corrected chi connectivity index (χ4v) is 3.60. The average molecular weight is 398 g/mol. The number of hydrogen-bond donors (Lipinski definition) is 1. The molecule has 0 amide bonds. The second-order valence-electron chi connectivity index (χ2n) is 7.26. The highest BCUT2D eigenvalue weighted by Crippen LogP contribution is 2.44. The number of nitrogens with zero attached hydrogens (tertiary/aromatic N) is 5. The highest BCUT2D eigenvalue weighted by Gasteiger charge is 2.33. The molecular formula is C16H27N6O4P. The molecule has 1 N–H and O–H groups in total. The van der Waals surface area contributed by atoms with E-state index in [1.807, 2.05) is 0 Å². The molecule has 150 valence electrons. The van der Waals surface area contributed by atoms with Crippen molar-refractivity contribution in [2.75, 3.05) is 40.5 Å². The smallest absolute Gasteiger partial charge is 0.278 e. The zero-order valence-corrected chi connectivity index (χ0v) is 17.2. The summed E-state index contributed by atoms with van der Waals surface area (Å²) in [4.78, 5) is 25.1. The Bertz CT molecular complexity index is 894. The molecular weight excluding hydrogens is 371 g/mol. The summed E-state index contributed by atoms with van der Waals surface area (Å²) in [6.45, 7) is 7.33. The Morgan fingerprint density at radius 3 is 2.81 bits per heavy atom. The van der Waals surface area contributed by atoms with Crippen molar-refractivity contribution in [3.8, 4) is 0 Å². The largest absolute Gasteiger partial charge is 0.350 e. The second-order valence-corrected chi connectivity index (χ2v) is 9.93. The van der Waals surface area contributed by atoms with E-state index >= 15 is 0 Å². The van der Waals surface area contributed by atoms with Gasteiger partial charge in [0.1, 0.15) is 6.23 Å². The molecule has 3 rings (SSSR count). The fraction of sp³-hybridized carbons (Fsp3) is 0.688. The van der Waals surface area contributed by atoms with E-state index in [1.54, 1.807) is 36.3 Å². The molecule has 0 bridgehead atoms. The lowest BCUT2D eigenvalue weighted by Gasteiger charge is -2.40. The van der Waals surface area contributed by atoms with Gasteiger partial charge in [0.05, 0.1) is 25.4 Å². The lowest BCUT2D eigenvalue weighted by Crippen LogP contribution is -2.49. The molecule has 2 aromatic heterocycles. The number of H-pyrrole nitrogens is 1. The van der Waals surface area contributed by atoms with Crippen molar-refractivity contribution < 1.29 is 13.8 Å². The molecule has 3 heterocycles. The van der Waals surface area contributed by atoms with Crippen LogP contribution in [0.3, 0.4) is 0 Å². The van der Waals surface area contributed by atoms with E-state index in [2.05, 4.69) is 33.7 Å². The summed E-state index contributed by atoms with van der Waals surface area (Å²) in [6, 6.07) is 0.298. The minimum absolute atomic E-state index is 0.215. The number of fused-ring (bicyclic) bond motifs is 1. The normalized spacial score (nSPS) is 24.0. The van der Waals surface area contributed by atoms with Crippen molar-refractivity contribution in [3.05, 3.63) is 23.0 Å². The third-order valence-electron chi connectivity index (χ3n) is 4.81. The lowest BCUT2D eigenvalue weighted by atomic mass is 10.2. The standard InChI is InChI=1S/C16H27N6O4P/c1-11(2)21-6-12(8-25-27(5,24)20(3)4)26-13(7-21)22-10-19-14-15(22)17-9-18-16(14)23/h9-13H,6-8H2,1-5H3,(H,17,18,23)/t12-,13+,27?/m0/s1. The van der Waals surface area contributed by atoms with E-state index in [9.17, 15) is 9.36 Å². The summed E-state index contributed by atoms with van der Waals surface area (Å²) in [6.07, 6.45) is 2.30. The van der Waals surface area contributed by atoms with E-state index in [1.165, 1.54) is 6.33 Å². The van der Waals surface area contributed by atoms with E-state index in [4.69, 9.17) is 9.26 Å². The Kier molecular flexibility index (Phi) is 5.83. The van der Waals surface area contributed by atoms with E-state index < -0.39 is 7.52 Å². The van der Waals surface area contributed by atoms with Crippen LogP contribution in [0.4, 0.5) is 0 Å². The van der Waals surface area contributed by atoms with Crippen molar-refractivity contribution in [3.63, 3.8) is 0 Å². The highest BCUT2D eigenvalue weighted by molar-refractivity contribution is 7.55. The Morgan fingerprint density at radius 2 is 2.15 bits per heavy atom. The summed E-state index contributed by atoms with van der Waals surface area (Å²) in [5.74, 6) is 0. The summed E-state index contributed by atoms with van der Waals surface area (Å²) in [7, 11) is 0.615. The number of morpholine rings is 1. The maximum Gasteiger partial charge on any atom is 0.278 e.